The zero-order chi connectivity index (χ0) is 36.8. The van der Waals surface area contributed by atoms with Crippen molar-refractivity contribution in [2.75, 3.05) is 0 Å². The van der Waals surface area contributed by atoms with Crippen molar-refractivity contribution in [1.29, 1.82) is 0 Å². The van der Waals surface area contributed by atoms with E-state index in [9.17, 15) is 0 Å². The van der Waals surface area contributed by atoms with E-state index in [4.69, 9.17) is 29.7 Å². The van der Waals surface area contributed by atoms with Crippen LogP contribution >= 0.6 is 0 Å². The molecule has 6 nitrogen and oxygen atoms in total. The van der Waals surface area contributed by atoms with Crippen LogP contribution in [0.15, 0.2) is 200 Å². The molecule has 0 aliphatic carbocycles. The third-order valence-corrected chi connectivity index (χ3v) is 9.22. The van der Waals surface area contributed by atoms with E-state index in [1.54, 1.807) is 0 Å². The maximum atomic E-state index is 6.39. The molecule has 7 aromatic carbocycles. The van der Waals surface area contributed by atoms with E-state index >= 15 is 0 Å². The summed E-state index contributed by atoms with van der Waals surface area (Å²) in [6, 6.07) is 66.7. The molecule has 0 saturated heterocycles. The minimum Gasteiger partial charge on any atom is -0.457 e. The Labute approximate surface area is 319 Å². The molecule has 6 heteroatoms. The number of hydrogen-bond donors (Lipinski definition) is 0. The van der Waals surface area contributed by atoms with Crippen LogP contribution < -0.4 is 4.74 Å². The molecule has 9 rings (SSSR count). The zero-order valence-electron chi connectivity index (χ0n) is 29.7. The van der Waals surface area contributed by atoms with Crippen LogP contribution in [0.3, 0.4) is 0 Å². The standard InChI is InChI=1S/C49H33N5O/c1-5-14-34(15-6-1)35-24-26-39(27-25-35)48-52-47(38-20-11-4-12-21-38)53-49(54-48)41-22-13-23-43(32-41)55-42-30-28-40(29-31-42)46-50-44(36-16-7-2-8-17-36)33-45(51-46)37-18-9-3-10-19-37/h1-33H. The van der Waals surface area contributed by atoms with Crippen molar-refractivity contribution in [2.45, 2.75) is 0 Å². The largest absolute Gasteiger partial charge is 0.457 e. The highest BCUT2D eigenvalue weighted by molar-refractivity contribution is 5.73. The summed E-state index contributed by atoms with van der Waals surface area (Å²) in [4.78, 5) is 24.7. The molecule has 0 unspecified atom stereocenters. The minimum absolute atomic E-state index is 0.557. The van der Waals surface area contributed by atoms with E-state index in [2.05, 4.69) is 60.7 Å². The smallest absolute Gasteiger partial charge is 0.164 e. The van der Waals surface area contributed by atoms with Crippen molar-refractivity contribution >= 4 is 0 Å². The van der Waals surface area contributed by atoms with E-state index in [0.29, 0.717) is 34.8 Å². The maximum Gasteiger partial charge on any atom is 0.164 e. The van der Waals surface area contributed by atoms with Crippen LogP contribution in [0.1, 0.15) is 0 Å². The lowest BCUT2D eigenvalue weighted by Gasteiger charge is -2.11. The molecule has 0 atom stereocenters. The van der Waals surface area contributed by atoms with Gasteiger partial charge in [0.05, 0.1) is 11.4 Å². The third kappa shape index (κ3) is 7.52. The van der Waals surface area contributed by atoms with Gasteiger partial charge in [-0.2, -0.15) is 0 Å². The van der Waals surface area contributed by atoms with Gasteiger partial charge in [-0.15, -0.1) is 0 Å². The van der Waals surface area contributed by atoms with E-state index in [0.717, 1.165) is 55.9 Å². The fourth-order valence-corrected chi connectivity index (χ4v) is 6.39. The fourth-order valence-electron chi connectivity index (χ4n) is 6.39. The third-order valence-electron chi connectivity index (χ3n) is 9.22. The molecule has 0 aliphatic heterocycles. The SMILES string of the molecule is c1ccc(-c2ccc(-c3nc(-c4ccccc4)nc(-c4cccc(Oc5ccc(-c6nc(-c7ccccc7)cc(-c7ccccc7)n6)cc5)c4)n3)cc2)cc1. The van der Waals surface area contributed by atoms with Gasteiger partial charge in [0.15, 0.2) is 23.3 Å². The quantitative estimate of drug-likeness (QED) is 0.149. The van der Waals surface area contributed by atoms with Crippen LogP contribution in [0.4, 0.5) is 0 Å². The van der Waals surface area contributed by atoms with Crippen LogP contribution in [-0.2, 0) is 0 Å². The summed E-state index contributed by atoms with van der Waals surface area (Å²) >= 11 is 0. The first kappa shape index (κ1) is 33.3. The van der Waals surface area contributed by atoms with E-state index in [-0.39, 0.29) is 0 Å². The molecule has 0 N–H and O–H groups in total. The number of rotatable bonds is 9. The molecule has 0 spiro atoms. The van der Waals surface area contributed by atoms with Gasteiger partial charge < -0.3 is 4.74 Å². The average molecular weight is 708 g/mol. The van der Waals surface area contributed by atoms with E-state index < -0.39 is 0 Å². The van der Waals surface area contributed by atoms with Crippen LogP contribution in [0.5, 0.6) is 11.5 Å². The van der Waals surface area contributed by atoms with Crippen molar-refractivity contribution in [3.63, 3.8) is 0 Å². The Morgan fingerprint density at radius 2 is 0.600 bits per heavy atom. The molecule has 0 radical (unpaired) electrons. The molecule has 0 bridgehead atoms. The monoisotopic (exact) mass is 707 g/mol. The first-order valence-electron chi connectivity index (χ1n) is 18.1. The molecule has 0 fully saturated rings. The molecule has 0 saturated carbocycles. The summed E-state index contributed by atoms with van der Waals surface area (Å²) in [5, 5.41) is 0. The van der Waals surface area contributed by atoms with Gasteiger partial charge in [-0.05, 0) is 53.6 Å². The molecule has 0 amide bonds. The Kier molecular flexibility index (Phi) is 9.19. The average Bonchev–Trinajstić information content (AvgIpc) is 3.28. The summed E-state index contributed by atoms with van der Waals surface area (Å²) in [6.07, 6.45) is 0. The highest BCUT2D eigenvalue weighted by Crippen LogP contribution is 2.32. The topological polar surface area (TPSA) is 73.7 Å². The number of hydrogen-bond acceptors (Lipinski definition) is 6. The Hall–Kier alpha value is -7.57. The van der Waals surface area contributed by atoms with Gasteiger partial charge in [-0.3, -0.25) is 0 Å². The van der Waals surface area contributed by atoms with E-state index in [1.165, 1.54) is 0 Å². The van der Waals surface area contributed by atoms with Gasteiger partial charge in [0.2, 0.25) is 0 Å². The maximum absolute atomic E-state index is 6.39. The predicted octanol–water partition coefficient (Wildman–Crippen LogP) is 12.1. The molecule has 0 aliphatic rings. The van der Waals surface area contributed by atoms with Crippen LogP contribution in [0, 0.1) is 0 Å². The van der Waals surface area contributed by atoms with Gasteiger partial charge in [-0.1, -0.05) is 158 Å². The summed E-state index contributed by atoms with van der Waals surface area (Å²) < 4.78 is 6.39. The van der Waals surface area contributed by atoms with Gasteiger partial charge in [0.25, 0.3) is 0 Å². The van der Waals surface area contributed by atoms with Crippen molar-refractivity contribution in [3.8, 4) is 90.7 Å². The second-order valence-electron chi connectivity index (χ2n) is 13.0. The highest BCUT2D eigenvalue weighted by atomic mass is 16.5. The van der Waals surface area contributed by atoms with Gasteiger partial charge in [-0.25, -0.2) is 24.9 Å². The van der Waals surface area contributed by atoms with E-state index in [1.807, 2.05) is 140 Å². The second kappa shape index (κ2) is 15.2. The summed E-state index contributed by atoms with van der Waals surface area (Å²) in [7, 11) is 0. The minimum atomic E-state index is 0.557. The zero-order valence-corrected chi connectivity index (χ0v) is 29.7. The molecular formula is C49H33N5O. The summed E-state index contributed by atoms with van der Waals surface area (Å²) in [6.45, 7) is 0. The van der Waals surface area contributed by atoms with Gasteiger partial charge in [0, 0.05) is 33.4 Å². The predicted molar refractivity (Wildman–Crippen MR) is 220 cm³/mol. The number of nitrogens with zero attached hydrogens (tertiary/aromatic N) is 5. The van der Waals surface area contributed by atoms with Crippen LogP contribution in [0.25, 0.3) is 79.2 Å². The number of benzene rings is 7. The molecule has 9 aromatic rings. The molecule has 2 aromatic heterocycles. The Bertz CT molecular complexity index is 2630. The fraction of sp³-hybridized carbons (Fsp3) is 0. The Morgan fingerprint density at radius 1 is 0.236 bits per heavy atom. The Balaban J connectivity index is 1.01. The Morgan fingerprint density at radius 3 is 1.13 bits per heavy atom. The van der Waals surface area contributed by atoms with Crippen molar-refractivity contribution in [2.24, 2.45) is 0 Å². The second-order valence-corrected chi connectivity index (χ2v) is 13.0. The normalized spacial score (nSPS) is 10.9. The van der Waals surface area contributed by atoms with Gasteiger partial charge >= 0.3 is 0 Å². The lowest BCUT2D eigenvalue weighted by Crippen LogP contribution is -2.00. The number of ether oxygens (including phenoxy) is 1. The molecule has 260 valence electrons. The summed E-state index contributed by atoms with van der Waals surface area (Å²) in [5.41, 5.74) is 9.60. The van der Waals surface area contributed by atoms with Crippen LogP contribution in [0.2, 0.25) is 0 Å². The highest BCUT2D eigenvalue weighted by Gasteiger charge is 2.14. The lowest BCUT2D eigenvalue weighted by molar-refractivity contribution is 0.483. The van der Waals surface area contributed by atoms with Crippen LogP contribution in [-0.4, -0.2) is 24.9 Å². The number of aromatic nitrogens is 5. The first-order chi connectivity index (χ1) is 27.2. The summed E-state index contributed by atoms with van der Waals surface area (Å²) in [5.74, 6) is 3.74. The van der Waals surface area contributed by atoms with Crippen molar-refractivity contribution in [1.82, 2.24) is 24.9 Å². The van der Waals surface area contributed by atoms with Crippen molar-refractivity contribution < 1.29 is 4.74 Å². The first-order valence-corrected chi connectivity index (χ1v) is 18.1. The molecular weight excluding hydrogens is 675 g/mol. The lowest BCUT2D eigenvalue weighted by atomic mass is 10.0. The van der Waals surface area contributed by atoms with Gasteiger partial charge in [0.1, 0.15) is 11.5 Å². The van der Waals surface area contributed by atoms with Crippen molar-refractivity contribution in [3.05, 3.63) is 200 Å². The molecule has 2 heterocycles. The molecule has 55 heavy (non-hydrogen) atoms.